The first-order chi connectivity index (χ1) is 11.2. The Balaban J connectivity index is 1.97. The molecule has 23 heavy (non-hydrogen) atoms. The van der Waals surface area contributed by atoms with E-state index in [9.17, 15) is 9.59 Å². The number of carbonyl (C=O) groups is 1. The van der Waals surface area contributed by atoms with E-state index in [-0.39, 0.29) is 11.0 Å². The monoisotopic (exact) mass is 375 g/mol. The molecule has 120 valence electrons. The third-order valence-corrected chi connectivity index (χ3v) is 4.73. The predicted octanol–water partition coefficient (Wildman–Crippen LogP) is 3.52. The molecule has 1 aromatic heterocycles. The smallest absolute Gasteiger partial charge is 0.199 e. The van der Waals surface area contributed by atoms with E-state index in [0.717, 1.165) is 42.6 Å². The summed E-state index contributed by atoms with van der Waals surface area (Å²) in [6, 6.07) is 7.55. The zero-order chi connectivity index (χ0) is 16.2. The molecule has 1 fully saturated rings. The molecule has 0 aliphatic carbocycles. The molecule has 5 heteroatoms. The summed E-state index contributed by atoms with van der Waals surface area (Å²) in [5, 5.41) is 0. The lowest BCUT2D eigenvalue weighted by Gasteiger charge is -2.23. The molecule has 1 aliphatic heterocycles. The van der Waals surface area contributed by atoms with Gasteiger partial charge in [0.1, 0.15) is 0 Å². The summed E-state index contributed by atoms with van der Waals surface area (Å²) in [7, 11) is 0. The van der Waals surface area contributed by atoms with Crippen LogP contribution in [0, 0.1) is 5.92 Å². The van der Waals surface area contributed by atoms with Crippen molar-refractivity contribution < 1.29 is 9.53 Å². The highest BCUT2D eigenvalue weighted by Gasteiger charge is 2.16. The molecular weight excluding hydrogens is 358 g/mol. The highest BCUT2D eigenvalue weighted by atomic mass is 79.9. The van der Waals surface area contributed by atoms with Gasteiger partial charge in [-0.05, 0) is 36.5 Å². The lowest BCUT2D eigenvalue weighted by Crippen LogP contribution is -2.22. The van der Waals surface area contributed by atoms with Crippen molar-refractivity contribution in [2.24, 2.45) is 5.92 Å². The van der Waals surface area contributed by atoms with E-state index in [4.69, 9.17) is 4.74 Å². The Bertz CT molecular complexity index is 746. The van der Waals surface area contributed by atoms with Crippen LogP contribution < -0.4 is 5.43 Å². The summed E-state index contributed by atoms with van der Waals surface area (Å²) >= 11 is 3.39. The summed E-state index contributed by atoms with van der Waals surface area (Å²) in [5.74, 6) is 0.517. The Morgan fingerprint density at radius 2 is 1.87 bits per heavy atom. The van der Waals surface area contributed by atoms with E-state index >= 15 is 0 Å². The first-order valence-corrected chi connectivity index (χ1v) is 8.49. The maximum absolute atomic E-state index is 12.5. The van der Waals surface area contributed by atoms with Gasteiger partial charge in [0.2, 0.25) is 0 Å². The van der Waals surface area contributed by atoms with Gasteiger partial charge in [-0.15, -0.1) is 0 Å². The van der Waals surface area contributed by atoms with Gasteiger partial charge in [-0.25, -0.2) is 0 Å². The highest BCUT2D eigenvalue weighted by molar-refractivity contribution is 9.10. The molecule has 0 N–H and O–H groups in total. The normalized spacial score (nSPS) is 15.5. The van der Waals surface area contributed by atoms with Crippen molar-refractivity contribution in [3.8, 4) is 11.1 Å². The minimum atomic E-state index is -0.217. The molecule has 0 radical (unpaired) electrons. The Hall–Kier alpha value is -1.72. The third kappa shape index (κ3) is 3.79. The van der Waals surface area contributed by atoms with Crippen LogP contribution in [0.15, 0.2) is 45.9 Å². The van der Waals surface area contributed by atoms with Crippen LogP contribution in [0.1, 0.15) is 23.2 Å². The van der Waals surface area contributed by atoms with Crippen molar-refractivity contribution in [1.29, 1.82) is 0 Å². The number of aldehydes is 1. The van der Waals surface area contributed by atoms with Gasteiger partial charge in [-0.2, -0.15) is 0 Å². The molecule has 1 saturated heterocycles. The second-order valence-electron chi connectivity index (χ2n) is 5.83. The average Bonchev–Trinajstić information content (AvgIpc) is 2.58. The van der Waals surface area contributed by atoms with Crippen LogP contribution in [-0.2, 0) is 11.3 Å². The van der Waals surface area contributed by atoms with E-state index in [0.29, 0.717) is 17.8 Å². The number of ether oxygens (including phenoxy) is 1. The minimum absolute atomic E-state index is 0.206. The van der Waals surface area contributed by atoms with Crippen molar-refractivity contribution in [3.63, 3.8) is 0 Å². The van der Waals surface area contributed by atoms with Gasteiger partial charge in [-0.3, -0.25) is 9.59 Å². The van der Waals surface area contributed by atoms with Crippen molar-refractivity contribution in [1.82, 2.24) is 4.57 Å². The zero-order valence-electron chi connectivity index (χ0n) is 12.7. The number of carbonyl (C=O) groups excluding carboxylic acids is 1. The highest BCUT2D eigenvalue weighted by Crippen LogP contribution is 2.21. The van der Waals surface area contributed by atoms with Gasteiger partial charge in [0, 0.05) is 42.2 Å². The average molecular weight is 376 g/mol. The second-order valence-corrected chi connectivity index (χ2v) is 6.75. The fourth-order valence-electron chi connectivity index (χ4n) is 2.91. The van der Waals surface area contributed by atoms with Gasteiger partial charge < -0.3 is 9.30 Å². The number of aromatic nitrogens is 1. The molecule has 4 nitrogen and oxygen atoms in total. The van der Waals surface area contributed by atoms with Crippen LogP contribution in [0.3, 0.4) is 0 Å². The van der Waals surface area contributed by atoms with E-state index in [1.807, 2.05) is 35.0 Å². The number of rotatable bonds is 4. The molecule has 0 amide bonds. The molecule has 0 saturated carbocycles. The van der Waals surface area contributed by atoms with Gasteiger partial charge >= 0.3 is 0 Å². The van der Waals surface area contributed by atoms with E-state index in [1.165, 1.54) is 0 Å². The number of hydrogen-bond donors (Lipinski definition) is 0. The van der Waals surface area contributed by atoms with Crippen LogP contribution >= 0.6 is 15.9 Å². The van der Waals surface area contributed by atoms with Crippen LogP contribution in [-0.4, -0.2) is 24.1 Å². The van der Waals surface area contributed by atoms with E-state index in [2.05, 4.69) is 15.9 Å². The van der Waals surface area contributed by atoms with Gasteiger partial charge in [0.15, 0.2) is 11.7 Å². The molecule has 2 heterocycles. The van der Waals surface area contributed by atoms with E-state index < -0.39 is 0 Å². The third-order valence-electron chi connectivity index (χ3n) is 4.20. The summed E-state index contributed by atoms with van der Waals surface area (Å²) in [4.78, 5) is 23.7. The van der Waals surface area contributed by atoms with Gasteiger partial charge in [0.05, 0.1) is 5.56 Å². The van der Waals surface area contributed by atoms with Crippen molar-refractivity contribution in [2.75, 3.05) is 13.2 Å². The maximum Gasteiger partial charge on any atom is 0.199 e. The summed E-state index contributed by atoms with van der Waals surface area (Å²) < 4.78 is 8.31. The van der Waals surface area contributed by atoms with Crippen molar-refractivity contribution >= 4 is 22.2 Å². The first-order valence-electron chi connectivity index (χ1n) is 7.70. The fourth-order valence-corrected chi connectivity index (χ4v) is 3.17. The first kappa shape index (κ1) is 16.1. The largest absolute Gasteiger partial charge is 0.381 e. The number of halogens is 1. The minimum Gasteiger partial charge on any atom is -0.381 e. The Labute approximate surface area is 143 Å². The summed E-state index contributed by atoms with van der Waals surface area (Å²) in [6.45, 7) is 2.37. The second kappa shape index (κ2) is 7.23. The molecule has 3 rings (SSSR count). The van der Waals surface area contributed by atoms with E-state index in [1.54, 1.807) is 6.20 Å². The Morgan fingerprint density at radius 3 is 2.52 bits per heavy atom. The number of hydrogen-bond acceptors (Lipinski definition) is 3. The molecule has 0 unspecified atom stereocenters. The zero-order valence-corrected chi connectivity index (χ0v) is 14.3. The lowest BCUT2D eigenvalue weighted by molar-refractivity contribution is 0.0612. The van der Waals surface area contributed by atoms with Gasteiger partial charge in [-0.1, -0.05) is 28.1 Å². The molecule has 0 spiro atoms. The Morgan fingerprint density at radius 1 is 1.17 bits per heavy atom. The molecule has 1 aromatic carbocycles. The summed E-state index contributed by atoms with van der Waals surface area (Å²) in [6.07, 6.45) is 6.18. The van der Waals surface area contributed by atoms with Gasteiger partial charge in [0.25, 0.3) is 0 Å². The van der Waals surface area contributed by atoms with Crippen LogP contribution in [0.4, 0.5) is 0 Å². The topological polar surface area (TPSA) is 48.3 Å². The molecule has 1 aliphatic rings. The quantitative estimate of drug-likeness (QED) is 0.768. The standard InChI is InChI=1S/C18H18BrNO3/c19-16-3-1-14(2-4-16)17-11-20(10-15(12-21)18(17)22)9-13-5-7-23-8-6-13/h1-4,10-13H,5-9H2. The molecular formula is C18H18BrNO3. The Kier molecular flexibility index (Phi) is 5.08. The summed E-state index contributed by atoms with van der Waals surface area (Å²) in [5.41, 5.74) is 1.37. The van der Waals surface area contributed by atoms with Crippen LogP contribution in [0.5, 0.6) is 0 Å². The number of pyridine rings is 1. The molecule has 2 aromatic rings. The van der Waals surface area contributed by atoms with Crippen molar-refractivity contribution in [3.05, 3.63) is 56.9 Å². The SMILES string of the molecule is O=Cc1cn(CC2CCOCC2)cc(-c2ccc(Br)cc2)c1=O. The molecule has 0 bridgehead atoms. The number of nitrogens with zero attached hydrogens (tertiary/aromatic N) is 1. The lowest BCUT2D eigenvalue weighted by atomic mass is 9.99. The fraction of sp³-hybridized carbons (Fsp3) is 0.333. The predicted molar refractivity (Wildman–Crippen MR) is 92.8 cm³/mol. The van der Waals surface area contributed by atoms with Crippen LogP contribution in [0.25, 0.3) is 11.1 Å². The van der Waals surface area contributed by atoms with Crippen LogP contribution in [0.2, 0.25) is 0 Å². The number of benzene rings is 1. The van der Waals surface area contributed by atoms with Crippen molar-refractivity contribution in [2.45, 2.75) is 19.4 Å². The molecule has 0 atom stereocenters. The maximum atomic E-state index is 12.5.